The van der Waals surface area contributed by atoms with E-state index in [0.717, 1.165) is 70.8 Å². The van der Waals surface area contributed by atoms with Crippen molar-refractivity contribution in [3.8, 4) is 22.6 Å². The first kappa shape index (κ1) is 24.4. The minimum absolute atomic E-state index is 0.101. The Labute approximate surface area is 216 Å². The zero-order chi connectivity index (χ0) is 25.2. The molecule has 0 fully saturated rings. The molecule has 1 atom stereocenters. The summed E-state index contributed by atoms with van der Waals surface area (Å²) in [6.45, 7) is 8.37. The maximum Gasteiger partial charge on any atom is 0.171 e. The molecule has 7 nitrogen and oxygen atoms in total. The summed E-state index contributed by atoms with van der Waals surface area (Å²) < 4.78 is 13.5. The number of ether oxygens (including phenoxy) is 2. The molecule has 0 amide bonds. The average Bonchev–Trinajstić information content (AvgIpc) is 3.51. The summed E-state index contributed by atoms with van der Waals surface area (Å²) in [7, 11) is 1.64. The molecule has 4 aromatic rings. The highest BCUT2D eigenvalue weighted by molar-refractivity contribution is 6.32. The van der Waals surface area contributed by atoms with Crippen LogP contribution >= 0.6 is 11.6 Å². The number of nitrogens with zero attached hydrogens (tertiary/aromatic N) is 3. The van der Waals surface area contributed by atoms with Crippen LogP contribution in [0.3, 0.4) is 0 Å². The maximum atomic E-state index is 13.8. The van der Waals surface area contributed by atoms with Crippen molar-refractivity contribution in [2.45, 2.75) is 26.8 Å². The van der Waals surface area contributed by atoms with E-state index in [9.17, 15) is 4.79 Å². The van der Waals surface area contributed by atoms with Gasteiger partial charge in [0.15, 0.2) is 5.78 Å². The fourth-order valence-corrected chi connectivity index (χ4v) is 5.19. The normalized spacial score (nSPS) is 15.2. The van der Waals surface area contributed by atoms with Gasteiger partial charge in [-0.2, -0.15) is 5.10 Å². The number of ketones is 1. The van der Waals surface area contributed by atoms with Crippen LogP contribution in [0.1, 0.15) is 29.8 Å². The van der Waals surface area contributed by atoms with Crippen molar-refractivity contribution in [1.82, 2.24) is 19.7 Å². The lowest BCUT2D eigenvalue weighted by Crippen LogP contribution is -2.28. The molecule has 0 aliphatic carbocycles. The van der Waals surface area contributed by atoms with Crippen LogP contribution in [0, 0.1) is 5.92 Å². The van der Waals surface area contributed by atoms with Gasteiger partial charge in [0.2, 0.25) is 0 Å². The van der Waals surface area contributed by atoms with Gasteiger partial charge in [-0.1, -0.05) is 37.6 Å². The number of hydrogen-bond acceptors (Lipinski definition) is 5. The molecule has 0 radical (unpaired) electrons. The minimum atomic E-state index is -0.255. The van der Waals surface area contributed by atoms with Crippen LogP contribution in [0.5, 0.6) is 11.5 Å². The molecule has 0 bridgehead atoms. The molecule has 0 unspecified atom stereocenters. The second-order valence-corrected chi connectivity index (χ2v) is 9.52. The summed E-state index contributed by atoms with van der Waals surface area (Å²) >= 11 is 6.32. The molecule has 188 valence electrons. The van der Waals surface area contributed by atoms with Crippen molar-refractivity contribution in [2.75, 3.05) is 33.4 Å². The highest BCUT2D eigenvalue weighted by atomic mass is 35.5. The molecule has 0 saturated carbocycles. The highest BCUT2D eigenvalue weighted by Gasteiger charge is 2.29. The van der Waals surface area contributed by atoms with Crippen molar-refractivity contribution in [3.63, 3.8) is 0 Å². The van der Waals surface area contributed by atoms with Crippen LogP contribution in [0.2, 0.25) is 5.15 Å². The summed E-state index contributed by atoms with van der Waals surface area (Å²) in [5, 5.41) is 8.30. The fourth-order valence-electron chi connectivity index (χ4n) is 4.99. The topological polar surface area (TPSA) is 72.4 Å². The number of aromatic nitrogens is 3. The van der Waals surface area contributed by atoms with Gasteiger partial charge in [-0.15, -0.1) is 0 Å². The molecule has 8 heteroatoms. The third-order valence-electron chi connectivity index (χ3n) is 7.15. The van der Waals surface area contributed by atoms with Crippen molar-refractivity contribution < 1.29 is 14.3 Å². The molecule has 0 spiro atoms. The SMILES string of the molecule is CCN(CC)CCn1cc(C(=O)[C@@H]2COc3ccc(OC)cc3C2)c2ccc(-c3cn[nH]c3Cl)cc21. The Balaban J connectivity index is 1.51. The number of hydrogen-bond donors (Lipinski definition) is 1. The number of benzene rings is 2. The van der Waals surface area contributed by atoms with E-state index in [1.54, 1.807) is 13.3 Å². The van der Waals surface area contributed by atoms with E-state index in [0.29, 0.717) is 18.2 Å². The van der Waals surface area contributed by atoms with Crippen molar-refractivity contribution >= 4 is 28.3 Å². The van der Waals surface area contributed by atoms with E-state index in [1.165, 1.54) is 0 Å². The Kier molecular flexibility index (Phi) is 7.03. The van der Waals surface area contributed by atoms with Crippen molar-refractivity contribution in [1.29, 1.82) is 0 Å². The number of halogens is 1. The first-order valence-electron chi connectivity index (χ1n) is 12.4. The third-order valence-corrected chi connectivity index (χ3v) is 7.44. The highest BCUT2D eigenvalue weighted by Crippen LogP contribution is 2.35. The number of nitrogens with one attached hydrogen (secondary N) is 1. The number of carbonyl (C=O) groups is 1. The summed E-state index contributed by atoms with van der Waals surface area (Å²) in [6.07, 6.45) is 4.36. The minimum Gasteiger partial charge on any atom is -0.497 e. The van der Waals surface area contributed by atoms with Crippen LogP contribution in [0.15, 0.2) is 48.8 Å². The Bertz CT molecular complexity index is 1390. The van der Waals surface area contributed by atoms with E-state index in [2.05, 4.69) is 39.6 Å². The van der Waals surface area contributed by atoms with E-state index in [4.69, 9.17) is 21.1 Å². The second-order valence-electron chi connectivity index (χ2n) is 9.14. The first-order valence-corrected chi connectivity index (χ1v) is 12.8. The second kappa shape index (κ2) is 10.4. The number of rotatable bonds is 9. The molecular weight excluding hydrogens is 476 g/mol. The van der Waals surface area contributed by atoms with Crippen molar-refractivity contribution in [2.24, 2.45) is 5.92 Å². The Hall–Kier alpha value is -3.29. The Morgan fingerprint density at radius 3 is 2.81 bits per heavy atom. The lowest BCUT2D eigenvalue weighted by molar-refractivity contribution is 0.0856. The Morgan fingerprint density at radius 2 is 2.08 bits per heavy atom. The standard InChI is InChI=1S/C28H31ClN4O3/c1-4-32(5-2)10-11-33-16-24(22-8-6-18(14-25(22)33)23-15-30-31-28(23)29)27(34)20-12-19-13-21(35-3)7-9-26(19)36-17-20/h6-9,13-16,20H,4-5,10-12,17H2,1-3H3,(H,30,31)/t20-/m0/s1. The quantitative estimate of drug-likeness (QED) is 0.305. The van der Waals surface area contributed by atoms with Crippen LogP contribution in [-0.2, 0) is 13.0 Å². The number of fused-ring (bicyclic) bond motifs is 2. The van der Waals surface area contributed by atoms with Gasteiger partial charge in [0.05, 0.1) is 25.8 Å². The molecule has 1 aliphatic heterocycles. The van der Waals surface area contributed by atoms with Gasteiger partial charge in [-0.3, -0.25) is 9.89 Å². The van der Waals surface area contributed by atoms with E-state index >= 15 is 0 Å². The summed E-state index contributed by atoms with van der Waals surface area (Å²) in [5.41, 5.74) is 4.55. The number of likely N-dealkylation sites (N-methyl/N-ethyl adjacent to an activating group) is 1. The van der Waals surface area contributed by atoms with Crippen molar-refractivity contribution in [3.05, 3.63) is 65.1 Å². The van der Waals surface area contributed by atoms with Gasteiger partial charge < -0.3 is 18.9 Å². The average molecular weight is 507 g/mol. The van der Waals surface area contributed by atoms with Crippen LogP contribution < -0.4 is 9.47 Å². The molecular formula is C28H31ClN4O3. The largest absolute Gasteiger partial charge is 0.497 e. The monoisotopic (exact) mass is 506 g/mol. The maximum absolute atomic E-state index is 13.8. The molecule has 3 heterocycles. The fraction of sp³-hybridized carbons (Fsp3) is 0.357. The van der Waals surface area contributed by atoms with Gasteiger partial charge >= 0.3 is 0 Å². The Morgan fingerprint density at radius 1 is 1.25 bits per heavy atom. The van der Waals surface area contributed by atoms with Crippen LogP contribution in [-0.4, -0.2) is 58.8 Å². The van der Waals surface area contributed by atoms with Gasteiger partial charge in [0.25, 0.3) is 0 Å². The molecule has 0 saturated heterocycles. The molecule has 2 aromatic heterocycles. The van der Waals surface area contributed by atoms with Crippen LogP contribution in [0.25, 0.3) is 22.0 Å². The zero-order valence-electron chi connectivity index (χ0n) is 20.9. The van der Waals surface area contributed by atoms with Gasteiger partial charge in [-0.25, -0.2) is 0 Å². The molecule has 5 rings (SSSR count). The molecule has 1 aliphatic rings. The molecule has 36 heavy (non-hydrogen) atoms. The number of methoxy groups -OCH3 is 1. The van der Waals surface area contributed by atoms with Gasteiger partial charge in [-0.05, 0) is 54.9 Å². The molecule has 2 aromatic carbocycles. The lowest BCUT2D eigenvalue weighted by atomic mass is 9.89. The number of H-pyrrole nitrogens is 1. The summed E-state index contributed by atoms with van der Waals surface area (Å²) in [5.74, 6) is 1.44. The van der Waals surface area contributed by atoms with E-state index in [1.807, 2.05) is 36.5 Å². The number of carbonyl (C=O) groups excluding carboxylic acids is 1. The van der Waals surface area contributed by atoms with E-state index in [-0.39, 0.29) is 11.7 Å². The zero-order valence-corrected chi connectivity index (χ0v) is 21.6. The lowest BCUT2D eigenvalue weighted by Gasteiger charge is -2.24. The smallest absolute Gasteiger partial charge is 0.171 e. The van der Waals surface area contributed by atoms with Crippen LogP contribution in [0.4, 0.5) is 0 Å². The number of Topliss-reactive ketones (excluding diaryl/α,β-unsaturated/α-hetero) is 1. The third kappa shape index (κ3) is 4.61. The summed E-state index contributed by atoms with van der Waals surface area (Å²) in [6, 6.07) is 11.9. The van der Waals surface area contributed by atoms with Gasteiger partial charge in [0, 0.05) is 41.3 Å². The predicted octanol–water partition coefficient (Wildman–Crippen LogP) is 5.47. The number of aromatic amines is 1. The first-order chi connectivity index (χ1) is 17.5. The summed E-state index contributed by atoms with van der Waals surface area (Å²) in [4.78, 5) is 16.2. The predicted molar refractivity (Wildman–Crippen MR) is 142 cm³/mol. The van der Waals surface area contributed by atoms with E-state index < -0.39 is 0 Å². The molecule has 1 N–H and O–H groups in total. The van der Waals surface area contributed by atoms with Gasteiger partial charge in [0.1, 0.15) is 16.7 Å².